The second-order valence-corrected chi connectivity index (χ2v) is 4.72. The molecule has 0 saturated heterocycles. The van der Waals surface area contributed by atoms with Gasteiger partial charge in [-0.1, -0.05) is 6.92 Å². The van der Waals surface area contributed by atoms with Crippen molar-refractivity contribution in [2.24, 2.45) is 0 Å². The van der Waals surface area contributed by atoms with Crippen LogP contribution in [0.3, 0.4) is 0 Å². The summed E-state index contributed by atoms with van der Waals surface area (Å²) in [5.74, 6) is 1.63. The van der Waals surface area contributed by atoms with E-state index in [2.05, 4.69) is 22.2 Å². The van der Waals surface area contributed by atoms with Crippen LogP contribution < -0.4 is 5.32 Å². The average Bonchev–Trinajstić information content (AvgIpc) is 2.99. The third kappa shape index (κ3) is 3.64. The normalized spacial score (nSPS) is 10.9. The van der Waals surface area contributed by atoms with Crippen molar-refractivity contribution in [2.45, 2.75) is 26.2 Å². The second-order valence-electron chi connectivity index (χ2n) is 3.84. The summed E-state index contributed by atoms with van der Waals surface area (Å²) in [5.41, 5.74) is 1.80. The SMILES string of the molecule is CCCNCCCc1ncc(-c2cncs2)o1. The van der Waals surface area contributed by atoms with Crippen LogP contribution in [0.5, 0.6) is 0 Å². The fourth-order valence-electron chi connectivity index (χ4n) is 1.54. The lowest BCUT2D eigenvalue weighted by Crippen LogP contribution is -2.16. The van der Waals surface area contributed by atoms with Crippen LogP contribution in [0.4, 0.5) is 0 Å². The third-order valence-electron chi connectivity index (χ3n) is 2.40. The van der Waals surface area contributed by atoms with E-state index in [1.54, 1.807) is 29.2 Å². The van der Waals surface area contributed by atoms with Crippen LogP contribution in [0.1, 0.15) is 25.7 Å². The van der Waals surface area contributed by atoms with Gasteiger partial charge in [0.05, 0.1) is 16.6 Å². The summed E-state index contributed by atoms with van der Waals surface area (Å²) in [6.45, 7) is 4.27. The molecular weight excluding hydrogens is 234 g/mol. The zero-order valence-electron chi connectivity index (χ0n) is 9.98. The zero-order chi connectivity index (χ0) is 11.9. The molecule has 2 rings (SSSR count). The molecule has 2 aromatic heterocycles. The summed E-state index contributed by atoms with van der Waals surface area (Å²) >= 11 is 1.57. The molecule has 4 nitrogen and oxygen atoms in total. The molecule has 92 valence electrons. The highest BCUT2D eigenvalue weighted by Crippen LogP contribution is 2.23. The molecule has 2 heterocycles. The van der Waals surface area contributed by atoms with Crippen molar-refractivity contribution in [3.63, 3.8) is 0 Å². The number of aromatic nitrogens is 2. The standard InChI is InChI=1S/C12H17N3OS/c1-2-5-13-6-3-4-12-15-7-10(16-12)11-8-14-9-17-11/h7-9,13H,2-6H2,1H3. The lowest BCUT2D eigenvalue weighted by molar-refractivity contribution is 0.492. The van der Waals surface area contributed by atoms with Gasteiger partial charge in [0, 0.05) is 12.6 Å². The van der Waals surface area contributed by atoms with Crippen LogP contribution in [-0.2, 0) is 6.42 Å². The lowest BCUT2D eigenvalue weighted by Gasteiger charge is -2.00. The maximum atomic E-state index is 5.67. The van der Waals surface area contributed by atoms with Gasteiger partial charge in [-0.05, 0) is 25.9 Å². The van der Waals surface area contributed by atoms with Crippen LogP contribution >= 0.6 is 11.3 Å². The Morgan fingerprint density at radius 3 is 3.06 bits per heavy atom. The summed E-state index contributed by atoms with van der Waals surface area (Å²) in [6.07, 6.45) is 6.70. The van der Waals surface area contributed by atoms with E-state index in [1.165, 1.54) is 6.42 Å². The molecule has 5 heteroatoms. The van der Waals surface area contributed by atoms with Crippen molar-refractivity contribution in [3.05, 3.63) is 23.8 Å². The van der Waals surface area contributed by atoms with Crippen molar-refractivity contribution < 1.29 is 4.42 Å². The molecule has 0 unspecified atom stereocenters. The number of thiazole rings is 1. The van der Waals surface area contributed by atoms with Gasteiger partial charge in [0.25, 0.3) is 0 Å². The van der Waals surface area contributed by atoms with E-state index >= 15 is 0 Å². The van der Waals surface area contributed by atoms with Gasteiger partial charge in [0.1, 0.15) is 0 Å². The smallest absolute Gasteiger partial charge is 0.194 e. The topological polar surface area (TPSA) is 51.0 Å². The van der Waals surface area contributed by atoms with E-state index in [0.717, 1.165) is 42.5 Å². The van der Waals surface area contributed by atoms with Gasteiger partial charge in [-0.15, -0.1) is 11.3 Å². The minimum atomic E-state index is 0.812. The summed E-state index contributed by atoms with van der Waals surface area (Å²) in [7, 11) is 0. The summed E-state index contributed by atoms with van der Waals surface area (Å²) in [6, 6.07) is 0. The van der Waals surface area contributed by atoms with Crippen LogP contribution in [0, 0.1) is 0 Å². The van der Waals surface area contributed by atoms with Gasteiger partial charge in [-0.2, -0.15) is 0 Å². The van der Waals surface area contributed by atoms with E-state index in [-0.39, 0.29) is 0 Å². The maximum absolute atomic E-state index is 5.67. The van der Waals surface area contributed by atoms with Crippen LogP contribution in [-0.4, -0.2) is 23.1 Å². The van der Waals surface area contributed by atoms with E-state index in [9.17, 15) is 0 Å². The summed E-state index contributed by atoms with van der Waals surface area (Å²) in [4.78, 5) is 9.33. The van der Waals surface area contributed by atoms with Gasteiger partial charge >= 0.3 is 0 Å². The Labute approximate surface area is 105 Å². The molecule has 0 aliphatic rings. The van der Waals surface area contributed by atoms with Crippen LogP contribution in [0.2, 0.25) is 0 Å². The predicted octanol–water partition coefficient (Wildman–Crippen LogP) is 2.73. The molecule has 0 bridgehead atoms. The molecule has 0 amide bonds. The number of oxazole rings is 1. The van der Waals surface area contributed by atoms with Crippen LogP contribution in [0.15, 0.2) is 22.3 Å². The van der Waals surface area contributed by atoms with Crippen molar-refractivity contribution in [3.8, 4) is 10.6 Å². The highest BCUT2D eigenvalue weighted by molar-refractivity contribution is 7.13. The number of hydrogen-bond donors (Lipinski definition) is 1. The van der Waals surface area contributed by atoms with E-state index < -0.39 is 0 Å². The molecule has 0 saturated carbocycles. The molecule has 0 fully saturated rings. The van der Waals surface area contributed by atoms with E-state index in [0.29, 0.717) is 0 Å². The highest BCUT2D eigenvalue weighted by atomic mass is 32.1. The third-order valence-corrected chi connectivity index (χ3v) is 3.19. The Morgan fingerprint density at radius 1 is 1.35 bits per heavy atom. The molecular formula is C12H17N3OS. The Morgan fingerprint density at radius 2 is 2.29 bits per heavy atom. The van der Waals surface area contributed by atoms with Crippen molar-refractivity contribution >= 4 is 11.3 Å². The zero-order valence-corrected chi connectivity index (χ0v) is 10.8. The van der Waals surface area contributed by atoms with Gasteiger partial charge < -0.3 is 9.73 Å². The lowest BCUT2D eigenvalue weighted by atomic mass is 10.3. The molecule has 0 aromatic carbocycles. The number of hydrogen-bond acceptors (Lipinski definition) is 5. The van der Waals surface area contributed by atoms with Gasteiger partial charge in [0.2, 0.25) is 0 Å². The van der Waals surface area contributed by atoms with Crippen molar-refractivity contribution in [1.82, 2.24) is 15.3 Å². The fourth-order valence-corrected chi connectivity index (χ4v) is 2.11. The number of rotatable bonds is 7. The average molecular weight is 251 g/mol. The van der Waals surface area contributed by atoms with Crippen molar-refractivity contribution in [2.75, 3.05) is 13.1 Å². The Balaban J connectivity index is 1.79. The first kappa shape index (κ1) is 12.3. The van der Waals surface area contributed by atoms with Crippen molar-refractivity contribution in [1.29, 1.82) is 0 Å². The highest BCUT2D eigenvalue weighted by Gasteiger charge is 2.07. The molecule has 0 aliphatic carbocycles. The summed E-state index contributed by atoms with van der Waals surface area (Å²) in [5, 5.41) is 3.36. The molecule has 1 N–H and O–H groups in total. The van der Waals surface area contributed by atoms with Gasteiger partial charge in [-0.3, -0.25) is 4.98 Å². The largest absolute Gasteiger partial charge is 0.440 e. The van der Waals surface area contributed by atoms with Crippen LogP contribution in [0.25, 0.3) is 10.6 Å². The first-order valence-electron chi connectivity index (χ1n) is 5.94. The Kier molecular flexibility index (Phi) is 4.70. The Bertz CT molecular complexity index is 425. The maximum Gasteiger partial charge on any atom is 0.194 e. The molecule has 0 radical (unpaired) electrons. The number of aryl methyl sites for hydroxylation is 1. The number of nitrogens with zero attached hydrogens (tertiary/aromatic N) is 2. The monoisotopic (exact) mass is 251 g/mol. The first-order chi connectivity index (χ1) is 8.40. The molecule has 17 heavy (non-hydrogen) atoms. The fraction of sp³-hybridized carbons (Fsp3) is 0.500. The minimum Gasteiger partial charge on any atom is -0.440 e. The van der Waals surface area contributed by atoms with E-state index in [1.807, 2.05) is 0 Å². The summed E-state index contributed by atoms with van der Waals surface area (Å²) < 4.78 is 5.67. The van der Waals surface area contributed by atoms with Gasteiger partial charge in [-0.25, -0.2) is 4.98 Å². The minimum absolute atomic E-state index is 0.812. The first-order valence-corrected chi connectivity index (χ1v) is 6.82. The molecule has 2 aromatic rings. The molecule has 0 atom stereocenters. The second kappa shape index (κ2) is 6.51. The predicted molar refractivity (Wildman–Crippen MR) is 69.1 cm³/mol. The Hall–Kier alpha value is -1.20. The molecule has 0 spiro atoms. The van der Waals surface area contributed by atoms with Gasteiger partial charge in [0.15, 0.2) is 11.7 Å². The van der Waals surface area contributed by atoms with E-state index in [4.69, 9.17) is 4.42 Å². The number of nitrogens with one attached hydrogen (secondary N) is 1. The quantitative estimate of drug-likeness (QED) is 0.769. The molecule has 0 aliphatic heterocycles.